The Labute approximate surface area is 106 Å². The maximum absolute atomic E-state index is 12.6. The molecule has 4 heteroatoms. The van der Waals surface area contributed by atoms with Gasteiger partial charge in [0.15, 0.2) is 0 Å². The molecule has 18 heavy (non-hydrogen) atoms. The summed E-state index contributed by atoms with van der Waals surface area (Å²) in [6, 6.07) is 0. The van der Waals surface area contributed by atoms with Crippen LogP contribution in [0.3, 0.4) is 0 Å². The molecule has 2 atom stereocenters. The van der Waals surface area contributed by atoms with Crippen molar-refractivity contribution in [2.75, 3.05) is 6.61 Å². The molecule has 0 spiro atoms. The Morgan fingerprint density at radius 1 is 1.56 bits per heavy atom. The second kappa shape index (κ2) is 4.32. The standard InChI is InChI=1S/C14H20F2O2/c1-13(2)10-6-9(7-11(13)8-10)4-5-18-12(17)14(3,15)16/h6,10-11H,4-5,7-8H2,1-3H3. The summed E-state index contributed by atoms with van der Waals surface area (Å²) in [7, 11) is 0. The van der Waals surface area contributed by atoms with Gasteiger partial charge < -0.3 is 4.74 Å². The number of alkyl halides is 2. The van der Waals surface area contributed by atoms with Crippen molar-refractivity contribution in [2.45, 2.75) is 46.0 Å². The zero-order valence-corrected chi connectivity index (χ0v) is 11.1. The highest BCUT2D eigenvalue weighted by Crippen LogP contribution is 2.58. The lowest BCUT2D eigenvalue weighted by atomic mass is 9.50. The van der Waals surface area contributed by atoms with Gasteiger partial charge >= 0.3 is 11.9 Å². The molecule has 0 radical (unpaired) electrons. The van der Waals surface area contributed by atoms with E-state index in [0.717, 1.165) is 6.42 Å². The van der Waals surface area contributed by atoms with Gasteiger partial charge in [0.05, 0.1) is 6.61 Å². The Morgan fingerprint density at radius 2 is 2.22 bits per heavy atom. The molecule has 3 aliphatic carbocycles. The lowest BCUT2D eigenvalue weighted by Crippen LogP contribution is -2.46. The number of hydrogen-bond acceptors (Lipinski definition) is 2. The summed E-state index contributed by atoms with van der Waals surface area (Å²) in [4.78, 5) is 10.9. The van der Waals surface area contributed by atoms with E-state index in [9.17, 15) is 13.6 Å². The van der Waals surface area contributed by atoms with Crippen molar-refractivity contribution in [3.63, 3.8) is 0 Å². The van der Waals surface area contributed by atoms with Gasteiger partial charge in [0, 0.05) is 13.3 Å². The molecule has 0 aliphatic heterocycles. The minimum atomic E-state index is -3.38. The second-order valence-corrected chi connectivity index (χ2v) is 6.16. The lowest BCUT2D eigenvalue weighted by molar-refractivity contribution is -0.169. The molecule has 102 valence electrons. The van der Waals surface area contributed by atoms with E-state index in [0.29, 0.717) is 30.6 Å². The number of hydrogen-bond donors (Lipinski definition) is 0. The number of carbonyl (C=O) groups is 1. The number of fused-ring (bicyclic) bond motifs is 1. The van der Waals surface area contributed by atoms with Gasteiger partial charge in [-0.3, -0.25) is 0 Å². The fourth-order valence-corrected chi connectivity index (χ4v) is 2.94. The van der Waals surface area contributed by atoms with Crippen LogP contribution in [0.1, 0.15) is 40.0 Å². The Kier molecular flexibility index (Phi) is 3.24. The molecule has 2 nitrogen and oxygen atoms in total. The molecule has 0 saturated heterocycles. The SMILES string of the molecule is CC(F)(F)C(=O)OCCC1=CC2CC(C1)C2(C)C. The molecule has 0 aromatic carbocycles. The molecule has 1 fully saturated rings. The van der Waals surface area contributed by atoms with Crippen molar-refractivity contribution < 1.29 is 18.3 Å². The average Bonchev–Trinajstić information content (AvgIpc) is 2.27. The monoisotopic (exact) mass is 258 g/mol. The Balaban J connectivity index is 1.78. The van der Waals surface area contributed by atoms with Crippen LogP contribution in [-0.2, 0) is 9.53 Å². The van der Waals surface area contributed by atoms with Crippen LogP contribution in [0.5, 0.6) is 0 Å². The zero-order valence-electron chi connectivity index (χ0n) is 11.1. The second-order valence-electron chi connectivity index (χ2n) is 6.16. The first-order chi connectivity index (χ1) is 8.21. The molecule has 0 heterocycles. The smallest absolute Gasteiger partial charge is 0.376 e. The number of esters is 1. The fourth-order valence-electron chi connectivity index (χ4n) is 2.94. The van der Waals surface area contributed by atoms with E-state index in [2.05, 4.69) is 24.7 Å². The summed E-state index contributed by atoms with van der Waals surface area (Å²) in [5, 5.41) is 0. The first-order valence-electron chi connectivity index (χ1n) is 6.46. The summed E-state index contributed by atoms with van der Waals surface area (Å²) in [6.07, 6.45) is 5.09. The number of carbonyl (C=O) groups excluding carboxylic acids is 1. The van der Waals surface area contributed by atoms with Crippen LogP contribution in [0.15, 0.2) is 11.6 Å². The molecule has 0 aromatic heterocycles. The Bertz CT molecular complexity index is 380. The number of rotatable bonds is 4. The highest BCUT2D eigenvalue weighted by atomic mass is 19.3. The third-order valence-electron chi connectivity index (χ3n) is 4.51. The van der Waals surface area contributed by atoms with Gasteiger partial charge in [-0.25, -0.2) is 4.79 Å². The maximum Gasteiger partial charge on any atom is 0.376 e. The van der Waals surface area contributed by atoms with E-state index < -0.39 is 11.9 Å². The van der Waals surface area contributed by atoms with Gasteiger partial charge in [-0.05, 0) is 30.1 Å². The van der Waals surface area contributed by atoms with Crippen molar-refractivity contribution in [1.82, 2.24) is 0 Å². The summed E-state index contributed by atoms with van der Waals surface area (Å²) in [6.45, 7) is 5.18. The van der Waals surface area contributed by atoms with E-state index >= 15 is 0 Å². The first-order valence-corrected chi connectivity index (χ1v) is 6.46. The van der Waals surface area contributed by atoms with Gasteiger partial charge in [-0.15, -0.1) is 0 Å². The number of ether oxygens (including phenoxy) is 1. The molecule has 2 bridgehead atoms. The molecule has 2 unspecified atom stereocenters. The Hall–Kier alpha value is -0.930. The summed E-state index contributed by atoms with van der Waals surface area (Å²) < 4.78 is 29.7. The number of halogens is 2. The zero-order chi connectivity index (χ0) is 13.6. The molecule has 3 aliphatic rings. The van der Waals surface area contributed by atoms with Crippen LogP contribution >= 0.6 is 0 Å². The third-order valence-corrected chi connectivity index (χ3v) is 4.51. The van der Waals surface area contributed by atoms with Crippen LogP contribution in [0, 0.1) is 17.3 Å². The van der Waals surface area contributed by atoms with E-state index in [1.54, 1.807) is 0 Å². The van der Waals surface area contributed by atoms with Gasteiger partial charge in [0.25, 0.3) is 0 Å². The van der Waals surface area contributed by atoms with Crippen molar-refractivity contribution >= 4 is 5.97 Å². The molecule has 0 amide bonds. The first kappa shape index (κ1) is 13.5. The van der Waals surface area contributed by atoms with Crippen molar-refractivity contribution in [3.05, 3.63) is 11.6 Å². The van der Waals surface area contributed by atoms with E-state index in [1.807, 2.05) is 0 Å². The molecule has 3 rings (SSSR count). The predicted molar refractivity (Wildman–Crippen MR) is 64.3 cm³/mol. The van der Waals surface area contributed by atoms with Crippen molar-refractivity contribution in [3.8, 4) is 0 Å². The van der Waals surface area contributed by atoms with Crippen LogP contribution in [0.25, 0.3) is 0 Å². The highest BCUT2D eigenvalue weighted by Gasteiger charge is 2.49. The van der Waals surface area contributed by atoms with Gasteiger partial charge in [0.2, 0.25) is 0 Å². The van der Waals surface area contributed by atoms with Crippen molar-refractivity contribution in [1.29, 1.82) is 0 Å². The van der Waals surface area contributed by atoms with Crippen molar-refractivity contribution in [2.24, 2.45) is 17.3 Å². The minimum absolute atomic E-state index is 0.0635. The van der Waals surface area contributed by atoms with Gasteiger partial charge in [-0.2, -0.15) is 8.78 Å². The van der Waals surface area contributed by atoms with E-state index in [4.69, 9.17) is 0 Å². The lowest BCUT2D eigenvalue weighted by Gasteiger charge is -2.55. The molecule has 1 saturated carbocycles. The average molecular weight is 258 g/mol. The molecular formula is C14H20F2O2. The van der Waals surface area contributed by atoms with Crippen LogP contribution in [-0.4, -0.2) is 18.5 Å². The molecular weight excluding hydrogens is 238 g/mol. The minimum Gasteiger partial charge on any atom is -0.461 e. The maximum atomic E-state index is 12.6. The normalized spacial score (nSPS) is 29.3. The highest BCUT2D eigenvalue weighted by molar-refractivity contribution is 5.76. The molecule has 0 N–H and O–H groups in total. The van der Waals surface area contributed by atoms with Crippen LogP contribution in [0.2, 0.25) is 0 Å². The summed E-state index contributed by atoms with van der Waals surface area (Å²) in [5.41, 5.74) is 1.64. The van der Waals surface area contributed by atoms with Gasteiger partial charge in [0.1, 0.15) is 0 Å². The third kappa shape index (κ3) is 2.43. The van der Waals surface area contributed by atoms with E-state index in [-0.39, 0.29) is 6.61 Å². The van der Waals surface area contributed by atoms with Crippen LogP contribution in [0.4, 0.5) is 8.78 Å². The quantitative estimate of drug-likeness (QED) is 0.569. The van der Waals surface area contributed by atoms with Crippen LogP contribution < -0.4 is 0 Å². The molecule has 0 aromatic rings. The Morgan fingerprint density at radius 3 is 2.67 bits per heavy atom. The number of allylic oxidation sites excluding steroid dienone is 1. The topological polar surface area (TPSA) is 26.3 Å². The summed E-state index contributed by atoms with van der Waals surface area (Å²) in [5.74, 6) is -3.50. The van der Waals surface area contributed by atoms with E-state index in [1.165, 1.54) is 12.0 Å². The summed E-state index contributed by atoms with van der Waals surface area (Å²) >= 11 is 0. The fraction of sp³-hybridized carbons (Fsp3) is 0.786. The largest absolute Gasteiger partial charge is 0.461 e. The van der Waals surface area contributed by atoms with Gasteiger partial charge in [-0.1, -0.05) is 25.5 Å². The predicted octanol–water partition coefficient (Wildman–Crippen LogP) is 3.57.